The zero-order valence-corrected chi connectivity index (χ0v) is 9.53. The Morgan fingerprint density at radius 3 is 2.67 bits per heavy atom. The standard InChI is InChI=1S/C11H20O4/c1-4-11(12)15-8-7-10(14-6-3)9-13-5-2/h4,10H,1,5-9H2,2-3H3. The Hall–Kier alpha value is -0.870. The monoisotopic (exact) mass is 216 g/mol. The van der Waals surface area contributed by atoms with E-state index in [1.54, 1.807) is 0 Å². The number of hydrogen-bond donors (Lipinski definition) is 0. The van der Waals surface area contributed by atoms with Gasteiger partial charge in [0.05, 0.1) is 19.3 Å². The van der Waals surface area contributed by atoms with Crippen molar-refractivity contribution in [1.29, 1.82) is 0 Å². The molecule has 1 atom stereocenters. The Kier molecular flexibility index (Phi) is 9.11. The van der Waals surface area contributed by atoms with Gasteiger partial charge >= 0.3 is 5.97 Å². The summed E-state index contributed by atoms with van der Waals surface area (Å²) in [5.41, 5.74) is 0. The summed E-state index contributed by atoms with van der Waals surface area (Å²) in [6.07, 6.45) is 1.79. The van der Waals surface area contributed by atoms with Crippen LogP contribution in [-0.4, -0.2) is 38.5 Å². The number of rotatable bonds is 9. The largest absolute Gasteiger partial charge is 0.462 e. The molecule has 0 aliphatic carbocycles. The predicted molar refractivity (Wildman–Crippen MR) is 57.7 cm³/mol. The molecule has 0 aromatic heterocycles. The predicted octanol–water partition coefficient (Wildman–Crippen LogP) is 1.55. The summed E-state index contributed by atoms with van der Waals surface area (Å²) in [5, 5.41) is 0. The molecule has 4 nitrogen and oxygen atoms in total. The Labute approximate surface area is 91.2 Å². The maximum Gasteiger partial charge on any atom is 0.330 e. The van der Waals surface area contributed by atoms with E-state index < -0.39 is 5.97 Å². The molecule has 0 amide bonds. The Balaban J connectivity index is 3.64. The lowest BCUT2D eigenvalue weighted by molar-refractivity contribution is -0.139. The van der Waals surface area contributed by atoms with Crippen molar-refractivity contribution in [3.8, 4) is 0 Å². The zero-order valence-electron chi connectivity index (χ0n) is 9.53. The average molecular weight is 216 g/mol. The van der Waals surface area contributed by atoms with Gasteiger partial charge in [0.2, 0.25) is 0 Å². The second kappa shape index (κ2) is 9.68. The van der Waals surface area contributed by atoms with E-state index in [4.69, 9.17) is 14.2 Å². The normalized spacial score (nSPS) is 12.1. The van der Waals surface area contributed by atoms with Gasteiger partial charge in [0.25, 0.3) is 0 Å². The molecule has 0 saturated heterocycles. The van der Waals surface area contributed by atoms with Crippen molar-refractivity contribution in [2.24, 2.45) is 0 Å². The van der Waals surface area contributed by atoms with E-state index in [9.17, 15) is 4.79 Å². The van der Waals surface area contributed by atoms with E-state index in [0.29, 0.717) is 32.8 Å². The molecule has 0 aromatic carbocycles. The Bertz CT molecular complexity index is 179. The van der Waals surface area contributed by atoms with Gasteiger partial charge in [-0.25, -0.2) is 4.79 Å². The number of ether oxygens (including phenoxy) is 3. The van der Waals surface area contributed by atoms with Crippen LogP contribution in [0.4, 0.5) is 0 Å². The summed E-state index contributed by atoms with van der Waals surface area (Å²) in [6, 6.07) is 0. The highest BCUT2D eigenvalue weighted by atomic mass is 16.5. The maximum atomic E-state index is 10.8. The van der Waals surface area contributed by atoms with Crippen LogP contribution in [0.5, 0.6) is 0 Å². The SMILES string of the molecule is C=CC(=O)OCCC(COCC)OCC. The molecule has 88 valence electrons. The number of carbonyl (C=O) groups is 1. The smallest absolute Gasteiger partial charge is 0.330 e. The Morgan fingerprint density at radius 1 is 1.40 bits per heavy atom. The van der Waals surface area contributed by atoms with E-state index in [0.717, 1.165) is 6.08 Å². The van der Waals surface area contributed by atoms with Gasteiger partial charge in [-0.2, -0.15) is 0 Å². The third-order valence-corrected chi connectivity index (χ3v) is 1.76. The summed E-state index contributed by atoms with van der Waals surface area (Å²) in [4.78, 5) is 10.8. The first-order valence-electron chi connectivity index (χ1n) is 5.23. The van der Waals surface area contributed by atoms with Crippen LogP contribution in [-0.2, 0) is 19.0 Å². The summed E-state index contributed by atoms with van der Waals surface area (Å²) in [5.74, 6) is -0.401. The van der Waals surface area contributed by atoms with Gasteiger partial charge in [0.1, 0.15) is 0 Å². The van der Waals surface area contributed by atoms with Crippen LogP contribution in [0.1, 0.15) is 20.3 Å². The van der Waals surface area contributed by atoms with Crippen molar-refractivity contribution in [2.75, 3.05) is 26.4 Å². The summed E-state index contributed by atoms with van der Waals surface area (Å²) in [7, 11) is 0. The van der Waals surface area contributed by atoms with Gasteiger partial charge in [0.15, 0.2) is 0 Å². The molecule has 0 radical (unpaired) electrons. The van der Waals surface area contributed by atoms with Crippen molar-refractivity contribution < 1.29 is 19.0 Å². The van der Waals surface area contributed by atoms with Crippen molar-refractivity contribution in [2.45, 2.75) is 26.4 Å². The highest BCUT2D eigenvalue weighted by molar-refractivity contribution is 5.81. The first-order valence-corrected chi connectivity index (χ1v) is 5.23. The number of hydrogen-bond acceptors (Lipinski definition) is 4. The molecule has 0 rings (SSSR count). The van der Waals surface area contributed by atoms with Gasteiger partial charge in [-0.3, -0.25) is 0 Å². The van der Waals surface area contributed by atoms with Gasteiger partial charge in [0, 0.05) is 25.7 Å². The molecule has 0 saturated carbocycles. The lowest BCUT2D eigenvalue weighted by Crippen LogP contribution is -2.22. The van der Waals surface area contributed by atoms with Crippen molar-refractivity contribution in [3.05, 3.63) is 12.7 Å². The molecular weight excluding hydrogens is 196 g/mol. The Morgan fingerprint density at radius 2 is 2.13 bits per heavy atom. The highest BCUT2D eigenvalue weighted by Crippen LogP contribution is 2.00. The number of esters is 1. The molecule has 0 spiro atoms. The molecule has 0 N–H and O–H groups in total. The second-order valence-corrected chi connectivity index (χ2v) is 2.90. The van der Waals surface area contributed by atoms with Crippen LogP contribution in [0.25, 0.3) is 0 Å². The van der Waals surface area contributed by atoms with Gasteiger partial charge in [-0.1, -0.05) is 6.58 Å². The highest BCUT2D eigenvalue weighted by Gasteiger charge is 2.09. The molecule has 0 fully saturated rings. The van der Waals surface area contributed by atoms with E-state index in [2.05, 4.69) is 6.58 Å². The fourth-order valence-corrected chi connectivity index (χ4v) is 1.05. The van der Waals surface area contributed by atoms with Crippen LogP contribution >= 0.6 is 0 Å². The molecule has 1 unspecified atom stereocenters. The average Bonchev–Trinajstić information content (AvgIpc) is 2.25. The van der Waals surface area contributed by atoms with Crippen molar-refractivity contribution in [1.82, 2.24) is 0 Å². The van der Waals surface area contributed by atoms with Crippen LogP contribution in [0.3, 0.4) is 0 Å². The lowest BCUT2D eigenvalue weighted by Gasteiger charge is -2.16. The summed E-state index contributed by atoms with van der Waals surface area (Å²) in [6.45, 7) is 9.34. The van der Waals surface area contributed by atoms with E-state index in [1.807, 2.05) is 13.8 Å². The molecule has 0 aromatic rings. The third kappa shape index (κ3) is 8.15. The van der Waals surface area contributed by atoms with E-state index in [1.165, 1.54) is 0 Å². The minimum absolute atomic E-state index is 0.00688. The third-order valence-electron chi connectivity index (χ3n) is 1.76. The molecule has 0 heterocycles. The molecule has 0 aliphatic rings. The van der Waals surface area contributed by atoms with E-state index in [-0.39, 0.29) is 6.10 Å². The minimum Gasteiger partial charge on any atom is -0.462 e. The molecule has 15 heavy (non-hydrogen) atoms. The quantitative estimate of drug-likeness (QED) is 0.433. The van der Waals surface area contributed by atoms with Crippen LogP contribution < -0.4 is 0 Å². The first kappa shape index (κ1) is 14.1. The fraction of sp³-hybridized carbons (Fsp3) is 0.727. The maximum absolute atomic E-state index is 10.8. The van der Waals surface area contributed by atoms with E-state index >= 15 is 0 Å². The zero-order chi connectivity index (χ0) is 11.5. The lowest BCUT2D eigenvalue weighted by atomic mass is 10.3. The summed E-state index contributed by atoms with van der Waals surface area (Å²) >= 11 is 0. The van der Waals surface area contributed by atoms with Crippen LogP contribution in [0, 0.1) is 0 Å². The van der Waals surface area contributed by atoms with Gasteiger partial charge in [-0.05, 0) is 13.8 Å². The van der Waals surface area contributed by atoms with Crippen LogP contribution in [0.15, 0.2) is 12.7 Å². The van der Waals surface area contributed by atoms with Gasteiger partial charge in [-0.15, -0.1) is 0 Å². The first-order chi connectivity index (χ1) is 7.24. The molecule has 4 heteroatoms. The minimum atomic E-state index is -0.401. The van der Waals surface area contributed by atoms with Crippen LogP contribution in [0.2, 0.25) is 0 Å². The van der Waals surface area contributed by atoms with Crippen molar-refractivity contribution in [3.63, 3.8) is 0 Å². The van der Waals surface area contributed by atoms with Crippen molar-refractivity contribution >= 4 is 5.97 Å². The topological polar surface area (TPSA) is 44.8 Å². The molecule has 0 bridgehead atoms. The van der Waals surface area contributed by atoms with Gasteiger partial charge < -0.3 is 14.2 Å². The molecule has 0 aliphatic heterocycles. The molecular formula is C11H20O4. The fourth-order valence-electron chi connectivity index (χ4n) is 1.05. The number of carbonyl (C=O) groups excluding carboxylic acids is 1. The second-order valence-electron chi connectivity index (χ2n) is 2.90. The summed E-state index contributed by atoms with van der Waals surface area (Å²) < 4.78 is 15.5.